The summed E-state index contributed by atoms with van der Waals surface area (Å²) in [5, 5.41) is 3.25. The maximum atomic E-state index is 11.8. The minimum absolute atomic E-state index is 0.114. The van der Waals surface area contributed by atoms with E-state index in [1.807, 2.05) is 0 Å². The lowest BCUT2D eigenvalue weighted by atomic mass is 10.1. The Morgan fingerprint density at radius 1 is 1.37 bits per heavy atom. The monoisotopic (exact) mass is 292 g/mol. The van der Waals surface area contributed by atoms with Gasteiger partial charge in [-0.1, -0.05) is 20.3 Å². The molecular formula is C13H28N2O3S. The second-order valence-corrected chi connectivity index (χ2v) is 7.50. The van der Waals surface area contributed by atoms with Gasteiger partial charge in [-0.05, 0) is 31.7 Å². The molecule has 0 aliphatic carbocycles. The molecule has 1 aliphatic rings. The topological polar surface area (TPSA) is 67.4 Å². The van der Waals surface area contributed by atoms with Gasteiger partial charge in [0.25, 0.3) is 0 Å². The molecule has 1 fully saturated rings. The zero-order valence-corrected chi connectivity index (χ0v) is 13.0. The van der Waals surface area contributed by atoms with Crippen LogP contribution in [0.2, 0.25) is 0 Å². The van der Waals surface area contributed by atoms with Crippen molar-refractivity contribution in [3.63, 3.8) is 0 Å². The Morgan fingerprint density at radius 2 is 2.16 bits per heavy atom. The van der Waals surface area contributed by atoms with Crippen molar-refractivity contribution in [3.8, 4) is 0 Å². The van der Waals surface area contributed by atoms with E-state index in [9.17, 15) is 8.42 Å². The molecule has 0 amide bonds. The van der Waals surface area contributed by atoms with E-state index in [0.29, 0.717) is 19.1 Å². The van der Waals surface area contributed by atoms with Gasteiger partial charge in [-0.3, -0.25) is 0 Å². The summed E-state index contributed by atoms with van der Waals surface area (Å²) in [5.74, 6) is 0.717. The van der Waals surface area contributed by atoms with Crippen LogP contribution in [0.4, 0.5) is 0 Å². The van der Waals surface area contributed by atoms with E-state index in [-0.39, 0.29) is 11.8 Å². The highest BCUT2D eigenvalue weighted by Gasteiger charge is 2.20. The summed E-state index contributed by atoms with van der Waals surface area (Å²) in [6.07, 6.45) is 3.95. The fourth-order valence-corrected chi connectivity index (χ4v) is 3.50. The summed E-state index contributed by atoms with van der Waals surface area (Å²) in [5.41, 5.74) is 0. The predicted octanol–water partition coefficient (Wildman–Crippen LogP) is 1.11. The molecule has 1 rings (SSSR count). The molecule has 0 radical (unpaired) electrons. The number of rotatable bonds is 9. The second-order valence-electron chi connectivity index (χ2n) is 5.64. The number of hydrogen-bond acceptors (Lipinski definition) is 4. The van der Waals surface area contributed by atoms with Crippen LogP contribution in [0.3, 0.4) is 0 Å². The molecular weight excluding hydrogens is 264 g/mol. The summed E-state index contributed by atoms with van der Waals surface area (Å²) >= 11 is 0. The smallest absolute Gasteiger partial charge is 0.213 e. The number of ether oxygens (including phenoxy) is 1. The van der Waals surface area contributed by atoms with Crippen molar-refractivity contribution in [1.82, 2.24) is 10.0 Å². The molecule has 1 atom stereocenters. The molecule has 1 heterocycles. The number of nitrogens with one attached hydrogen (secondary N) is 2. The molecule has 114 valence electrons. The average Bonchev–Trinajstić information content (AvgIpc) is 2.34. The van der Waals surface area contributed by atoms with Gasteiger partial charge in [-0.2, -0.15) is 0 Å². The van der Waals surface area contributed by atoms with Gasteiger partial charge in [-0.25, -0.2) is 13.1 Å². The first kappa shape index (κ1) is 16.9. The largest absolute Gasteiger partial charge is 0.381 e. The van der Waals surface area contributed by atoms with E-state index in [1.54, 1.807) is 0 Å². The zero-order valence-electron chi connectivity index (χ0n) is 12.2. The van der Waals surface area contributed by atoms with Gasteiger partial charge in [0.1, 0.15) is 0 Å². The molecule has 0 saturated carbocycles. The fourth-order valence-electron chi connectivity index (χ4n) is 2.11. The molecule has 2 N–H and O–H groups in total. The van der Waals surface area contributed by atoms with Crippen LogP contribution in [0.15, 0.2) is 0 Å². The molecule has 1 aliphatic heterocycles. The van der Waals surface area contributed by atoms with Crippen LogP contribution in [0, 0.1) is 5.92 Å². The Hall–Kier alpha value is -0.170. The van der Waals surface area contributed by atoms with Gasteiger partial charge in [0, 0.05) is 25.8 Å². The van der Waals surface area contributed by atoms with Crippen LogP contribution < -0.4 is 10.0 Å². The number of hydrogen-bond donors (Lipinski definition) is 2. The lowest BCUT2D eigenvalue weighted by molar-refractivity contribution is 0.108. The number of sulfonamides is 1. The van der Waals surface area contributed by atoms with Crippen molar-refractivity contribution in [2.24, 2.45) is 5.92 Å². The van der Waals surface area contributed by atoms with Crippen LogP contribution in [0.1, 0.15) is 39.5 Å². The van der Waals surface area contributed by atoms with Gasteiger partial charge in [-0.15, -0.1) is 0 Å². The lowest BCUT2D eigenvalue weighted by Crippen LogP contribution is -2.42. The van der Waals surface area contributed by atoms with Gasteiger partial charge in [0.05, 0.1) is 5.75 Å². The molecule has 0 aromatic rings. The fraction of sp³-hybridized carbons (Fsp3) is 1.00. The molecule has 0 aromatic heterocycles. The highest BCUT2D eigenvalue weighted by Crippen LogP contribution is 2.08. The van der Waals surface area contributed by atoms with Gasteiger partial charge in [0.15, 0.2) is 0 Å². The SMILES string of the molecule is CC(C)COCCCNS(=O)(=O)CC1CCCCN1. The van der Waals surface area contributed by atoms with Crippen molar-refractivity contribution in [3.05, 3.63) is 0 Å². The third-order valence-electron chi connectivity index (χ3n) is 3.07. The standard InChI is InChI=1S/C13H28N2O3S/c1-12(2)10-18-9-5-8-15-19(16,17)11-13-6-3-4-7-14-13/h12-15H,3-11H2,1-2H3. The first-order valence-electron chi connectivity index (χ1n) is 7.28. The maximum Gasteiger partial charge on any atom is 0.213 e. The predicted molar refractivity (Wildman–Crippen MR) is 77.7 cm³/mol. The quantitative estimate of drug-likeness (QED) is 0.625. The molecule has 19 heavy (non-hydrogen) atoms. The van der Waals surface area contributed by atoms with E-state index < -0.39 is 10.0 Å². The molecule has 6 heteroatoms. The minimum atomic E-state index is -3.15. The van der Waals surface area contributed by atoms with E-state index in [4.69, 9.17) is 4.74 Å². The molecule has 1 unspecified atom stereocenters. The highest BCUT2D eigenvalue weighted by molar-refractivity contribution is 7.89. The first-order chi connectivity index (χ1) is 8.99. The van der Waals surface area contributed by atoms with Gasteiger partial charge < -0.3 is 10.1 Å². The third-order valence-corrected chi connectivity index (χ3v) is 4.56. The van der Waals surface area contributed by atoms with Gasteiger partial charge in [0.2, 0.25) is 10.0 Å². The van der Waals surface area contributed by atoms with Crippen molar-refractivity contribution in [1.29, 1.82) is 0 Å². The summed E-state index contributed by atoms with van der Waals surface area (Å²) < 4.78 is 31.8. The Labute approximate surface area is 117 Å². The summed E-state index contributed by atoms with van der Waals surface area (Å²) in [6, 6.07) is 0.114. The first-order valence-corrected chi connectivity index (χ1v) is 8.93. The Kier molecular flexibility index (Phi) is 7.90. The zero-order chi connectivity index (χ0) is 14.1. The highest BCUT2D eigenvalue weighted by atomic mass is 32.2. The lowest BCUT2D eigenvalue weighted by Gasteiger charge is -2.23. The Morgan fingerprint density at radius 3 is 2.79 bits per heavy atom. The second kappa shape index (κ2) is 8.89. The van der Waals surface area contributed by atoms with Crippen LogP contribution in [0.25, 0.3) is 0 Å². The summed E-state index contributed by atoms with van der Waals surface area (Å²) in [6.45, 7) is 6.94. The molecule has 0 spiro atoms. The Balaban J connectivity index is 2.09. The molecule has 1 saturated heterocycles. The van der Waals surface area contributed by atoms with Crippen molar-refractivity contribution in [2.75, 3.05) is 32.1 Å². The minimum Gasteiger partial charge on any atom is -0.381 e. The average molecular weight is 292 g/mol. The van der Waals surface area contributed by atoms with Crippen LogP contribution in [0.5, 0.6) is 0 Å². The normalized spacial score (nSPS) is 20.9. The van der Waals surface area contributed by atoms with Crippen molar-refractivity contribution < 1.29 is 13.2 Å². The third kappa shape index (κ3) is 8.57. The summed E-state index contributed by atoms with van der Waals surface area (Å²) in [4.78, 5) is 0. The maximum absolute atomic E-state index is 11.8. The van der Waals surface area contributed by atoms with E-state index in [0.717, 1.165) is 38.8 Å². The van der Waals surface area contributed by atoms with Crippen LogP contribution >= 0.6 is 0 Å². The molecule has 5 nitrogen and oxygen atoms in total. The van der Waals surface area contributed by atoms with Crippen molar-refractivity contribution >= 4 is 10.0 Å². The van der Waals surface area contributed by atoms with E-state index in [1.165, 1.54) is 0 Å². The molecule has 0 bridgehead atoms. The summed E-state index contributed by atoms with van der Waals surface area (Å²) in [7, 11) is -3.15. The van der Waals surface area contributed by atoms with Crippen molar-refractivity contribution in [2.45, 2.75) is 45.6 Å². The van der Waals surface area contributed by atoms with Gasteiger partial charge >= 0.3 is 0 Å². The van der Waals surface area contributed by atoms with E-state index >= 15 is 0 Å². The van der Waals surface area contributed by atoms with Crippen LogP contribution in [-0.4, -0.2) is 46.5 Å². The van der Waals surface area contributed by atoms with E-state index in [2.05, 4.69) is 23.9 Å². The molecule has 0 aromatic carbocycles. The number of piperidine rings is 1. The van der Waals surface area contributed by atoms with Crippen LogP contribution in [-0.2, 0) is 14.8 Å². The Bertz CT molecular complexity index is 325.